The van der Waals surface area contributed by atoms with Crippen molar-refractivity contribution in [3.63, 3.8) is 0 Å². The zero-order valence-corrected chi connectivity index (χ0v) is 16.6. The zero-order valence-electron chi connectivity index (χ0n) is 16.6. The molecule has 0 aliphatic heterocycles. The Balaban J connectivity index is 1.32. The summed E-state index contributed by atoms with van der Waals surface area (Å²) >= 11 is 0. The summed E-state index contributed by atoms with van der Waals surface area (Å²) in [6.07, 6.45) is 15.1. The number of benzene rings is 2. The maximum Gasteiger partial charge on any atom is 0.0482 e. The molecule has 0 amide bonds. The van der Waals surface area contributed by atoms with E-state index in [-0.39, 0.29) is 5.41 Å². The molecule has 0 heterocycles. The number of rotatable bonds is 3. The molecule has 1 heteroatoms. The highest BCUT2D eigenvalue weighted by Gasteiger charge is 2.44. The average Bonchev–Trinajstić information content (AvgIpc) is 2.97. The Morgan fingerprint density at radius 2 is 1.68 bits per heavy atom. The van der Waals surface area contributed by atoms with Crippen molar-refractivity contribution >= 4 is 5.57 Å². The van der Waals surface area contributed by atoms with Gasteiger partial charge in [0.25, 0.3) is 0 Å². The van der Waals surface area contributed by atoms with Gasteiger partial charge in [-0.1, -0.05) is 98.8 Å². The Bertz CT molecular complexity index is 1000. The molecule has 0 spiro atoms. The van der Waals surface area contributed by atoms with Crippen LogP contribution in [-0.4, -0.2) is 6.04 Å². The predicted octanol–water partition coefficient (Wildman–Crippen LogP) is 6.13. The molecular weight excluding hydrogens is 338 g/mol. The van der Waals surface area contributed by atoms with Gasteiger partial charge in [-0.2, -0.15) is 0 Å². The maximum absolute atomic E-state index is 3.75. The van der Waals surface area contributed by atoms with Crippen molar-refractivity contribution in [2.45, 2.75) is 37.6 Å². The van der Waals surface area contributed by atoms with Crippen LogP contribution in [-0.2, 0) is 5.41 Å². The molecule has 1 nitrogen and oxygen atoms in total. The van der Waals surface area contributed by atoms with E-state index in [0.29, 0.717) is 17.9 Å². The molecule has 2 aromatic carbocycles. The van der Waals surface area contributed by atoms with Crippen LogP contribution in [0, 0.1) is 5.92 Å². The number of nitrogens with one attached hydrogen (secondary N) is 1. The fraction of sp³-hybridized carbons (Fsp3) is 0.259. The van der Waals surface area contributed by atoms with Gasteiger partial charge in [-0.3, -0.25) is 0 Å². The number of allylic oxidation sites excluding steroid dienone is 5. The monoisotopic (exact) mass is 365 g/mol. The minimum absolute atomic E-state index is 0.168. The molecule has 0 radical (unpaired) electrons. The van der Waals surface area contributed by atoms with E-state index in [2.05, 4.69) is 110 Å². The highest BCUT2D eigenvalue weighted by molar-refractivity contribution is 5.75. The van der Waals surface area contributed by atoms with Crippen molar-refractivity contribution in [3.05, 3.63) is 113 Å². The van der Waals surface area contributed by atoms with Gasteiger partial charge in [-0.05, 0) is 46.1 Å². The molecule has 5 rings (SSSR count). The van der Waals surface area contributed by atoms with Gasteiger partial charge in [-0.25, -0.2) is 0 Å². The molecule has 0 saturated carbocycles. The average molecular weight is 366 g/mol. The van der Waals surface area contributed by atoms with Gasteiger partial charge in [-0.15, -0.1) is 0 Å². The van der Waals surface area contributed by atoms with Crippen LogP contribution < -0.4 is 5.32 Å². The largest absolute Gasteiger partial charge is 0.379 e. The first-order valence-corrected chi connectivity index (χ1v) is 10.3. The number of hydrogen-bond acceptors (Lipinski definition) is 1. The Morgan fingerprint density at radius 3 is 2.46 bits per heavy atom. The van der Waals surface area contributed by atoms with Crippen LogP contribution in [0.2, 0.25) is 0 Å². The number of fused-ring (bicyclic) bond motifs is 3. The van der Waals surface area contributed by atoms with Crippen molar-refractivity contribution in [1.82, 2.24) is 5.32 Å². The van der Waals surface area contributed by atoms with Gasteiger partial charge in [0.05, 0.1) is 0 Å². The van der Waals surface area contributed by atoms with E-state index in [1.165, 1.54) is 28.0 Å². The fourth-order valence-corrected chi connectivity index (χ4v) is 5.07. The van der Waals surface area contributed by atoms with Crippen molar-refractivity contribution in [3.8, 4) is 0 Å². The third-order valence-corrected chi connectivity index (χ3v) is 6.64. The van der Waals surface area contributed by atoms with E-state index in [0.717, 1.165) is 6.42 Å². The Kier molecular flexibility index (Phi) is 4.12. The quantitative estimate of drug-likeness (QED) is 0.689. The van der Waals surface area contributed by atoms with Crippen LogP contribution in [0.5, 0.6) is 0 Å². The van der Waals surface area contributed by atoms with Crippen molar-refractivity contribution in [1.29, 1.82) is 0 Å². The molecule has 0 saturated heterocycles. The van der Waals surface area contributed by atoms with E-state index >= 15 is 0 Å². The SMILES string of the molecule is CC1(C)c2ccccc2C2C=CC(NC3C=CC(c4ccccc4)=CC3)=CC21. The van der Waals surface area contributed by atoms with Crippen molar-refractivity contribution < 1.29 is 0 Å². The Hall–Kier alpha value is -2.80. The van der Waals surface area contributed by atoms with Crippen LogP contribution in [0.25, 0.3) is 5.57 Å². The topological polar surface area (TPSA) is 12.0 Å². The van der Waals surface area contributed by atoms with E-state index in [4.69, 9.17) is 0 Å². The zero-order chi connectivity index (χ0) is 19.1. The maximum atomic E-state index is 3.75. The van der Waals surface area contributed by atoms with Gasteiger partial charge >= 0.3 is 0 Å². The molecule has 0 bridgehead atoms. The molecule has 0 fully saturated rings. The molecule has 3 atom stereocenters. The van der Waals surface area contributed by atoms with Crippen LogP contribution in [0.4, 0.5) is 0 Å². The molecular formula is C27H27N. The smallest absolute Gasteiger partial charge is 0.0482 e. The molecule has 3 unspecified atom stereocenters. The molecule has 3 aliphatic carbocycles. The lowest BCUT2D eigenvalue weighted by Crippen LogP contribution is -2.31. The summed E-state index contributed by atoms with van der Waals surface area (Å²) in [5.41, 5.74) is 7.04. The second-order valence-electron chi connectivity index (χ2n) is 8.71. The van der Waals surface area contributed by atoms with Crippen LogP contribution in [0.15, 0.2) is 96.8 Å². The second-order valence-corrected chi connectivity index (χ2v) is 8.71. The van der Waals surface area contributed by atoms with E-state index in [1.807, 2.05) is 0 Å². The van der Waals surface area contributed by atoms with Gasteiger partial charge in [0.1, 0.15) is 0 Å². The van der Waals surface area contributed by atoms with Crippen molar-refractivity contribution in [2.75, 3.05) is 0 Å². The second kappa shape index (κ2) is 6.67. The van der Waals surface area contributed by atoms with Gasteiger partial charge in [0, 0.05) is 17.7 Å². The summed E-state index contributed by atoms with van der Waals surface area (Å²) in [5.74, 6) is 1.02. The fourth-order valence-electron chi connectivity index (χ4n) is 5.07. The molecule has 2 aromatic rings. The number of hydrogen-bond donors (Lipinski definition) is 1. The normalized spacial score (nSPS) is 26.9. The third kappa shape index (κ3) is 2.86. The van der Waals surface area contributed by atoms with Crippen LogP contribution in [0.3, 0.4) is 0 Å². The summed E-state index contributed by atoms with van der Waals surface area (Å²) in [6.45, 7) is 4.78. The molecule has 0 aromatic heterocycles. The van der Waals surface area contributed by atoms with Gasteiger partial charge in [0.2, 0.25) is 0 Å². The predicted molar refractivity (Wildman–Crippen MR) is 118 cm³/mol. The molecule has 140 valence electrons. The summed E-state index contributed by atoms with van der Waals surface area (Å²) in [4.78, 5) is 0. The lowest BCUT2D eigenvalue weighted by atomic mass is 9.74. The van der Waals surface area contributed by atoms with Crippen LogP contribution >= 0.6 is 0 Å². The minimum atomic E-state index is 0.168. The highest BCUT2D eigenvalue weighted by Crippen LogP contribution is 2.53. The van der Waals surface area contributed by atoms with Crippen LogP contribution in [0.1, 0.15) is 42.9 Å². The Labute approximate surface area is 168 Å². The minimum Gasteiger partial charge on any atom is -0.379 e. The molecule has 28 heavy (non-hydrogen) atoms. The van der Waals surface area contributed by atoms with E-state index < -0.39 is 0 Å². The van der Waals surface area contributed by atoms with Gasteiger partial charge in [0.15, 0.2) is 0 Å². The summed E-state index contributed by atoms with van der Waals surface area (Å²) < 4.78 is 0. The highest BCUT2D eigenvalue weighted by atomic mass is 14.9. The first-order valence-electron chi connectivity index (χ1n) is 10.3. The summed E-state index contributed by atoms with van der Waals surface area (Å²) in [6, 6.07) is 19.9. The summed E-state index contributed by atoms with van der Waals surface area (Å²) in [7, 11) is 0. The standard InChI is InChI=1S/C27H27N/c1-27(2)25-11-7-6-10-23(25)24-17-16-22(18-26(24)27)28-21-14-12-20(13-15-21)19-8-4-3-5-9-19/h3-14,16-18,21,24,26,28H,15H2,1-2H3. The lowest BCUT2D eigenvalue weighted by Gasteiger charge is -2.32. The first-order chi connectivity index (χ1) is 13.6. The van der Waals surface area contributed by atoms with Gasteiger partial charge < -0.3 is 5.32 Å². The molecule has 3 aliphatic rings. The van der Waals surface area contributed by atoms with E-state index in [1.54, 1.807) is 0 Å². The van der Waals surface area contributed by atoms with Crippen molar-refractivity contribution in [2.24, 2.45) is 5.92 Å². The lowest BCUT2D eigenvalue weighted by molar-refractivity contribution is 0.390. The third-order valence-electron chi connectivity index (χ3n) is 6.64. The first kappa shape index (κ1) is 17.3. The summed E-state index contributed by atoms with van der Waals surface area (Å²) in [5, 5.41) is 3.75. The van der Waals surface area contributed by atoms with E-state index in [9.17, 15) is 0 Å². The molecule has 1 N–H and O–H groups in total. The Morgan fingerprint density at radius 1 is 0.893 bits per heavy atom.